The molecule has 0 aromatic rings. The second-order valence-corrected chi connectivity index (χ2v) is 23.2. The van der Waals surface area contributed by atoms with E-state index < -0.39 is 26.5 Å². The van der Waals surface area contributed by atoms with Crippen molar-refractivity contribution in [3.05, 3.63) is 122 Å². The van der Waals surface area contributed by atoms with Crippen LogP contribution in [0.2, 0.25) is 0 Å². The largest absolute Gasteiger partial charge is 0.472 e. The Bertz CT molecular complexity index is 1730. The number of rotatable bonds is 56. The van der Waals surface area contributed by atoms with Crippen LogP contribution in [-0.4, -0.2) is 74.9 Å². The van der Waals surface area contributed by atoms with Crippen molar-refractivity contribution >= 4 is 19.8 Å². The molecule has 9 nitrogen and oxygen atoms in total. The van der Waals surface area contributed by atoms with Gasteiger partial charge in [0.25, 0.3) is 0 Å². The lowest BCUT2D eigenvalue weighted by Gasteiger charge is -2.24. The van der Waals surface area contributed by atoms with E-state index in [-0.39, 0.29) is 32.0 Å². The Kier molecular flexibility index (Phi) is 55.4. The Morgan fingerprint density at radius 2 is 0.731 bits per heavy atom. The highest BCUT2D eigenvalue weighted by atomic mass is 31.2. The molecule has 0 aliphatic heterocycles. The number of quaternary nitrogens is 1. The molecule has 78 heavy (non-hydrogen) atoms. The van der Waals surface area contributed by atoms with Gasteiger partial charge in [-0.15, -0.1) is 0 Å². The normalized spacial score (nSPS) is 14.1. The summed E-state index contributed by atoms with van der Waals surface area (Å²) in [4.78, 5) is 35.8. The predicted molar refractivity (Wildman–Crippen MR) is 334 cm³/mol. The molecule has 0 aliphatic carbocycles. The first-order chi connectivity index (χ1) is 38.0. The molecule has 0 rings (SSSR count). The van der Waals surface area contributed by atoms with Crippen LogP contribution in [0, 0.1) is 0 Å². The molecule has 10 heteroatoms. The molecule has 0 spiro atoms. The van der Waals surface area contributed by atoms with E-state index in [0.29, 0.717) is 17.4 Å². The van der Waals surface area contributed by atoms with Crippen molar-refractivity contribution in [1.29, 1.82) is 0 Å². The molecule has 0 fully saturated rings. The smallest absolute Gasteiger partial charge is 0.462 e. The summed E-state index contributed by atoms with van der Waals surface area (Å²) in [5.41, 5.74) is 0. The minimum absolute atomic E-state index is 0.0186. The molecule has 0 heterocycles. The zero-order chi connectivity index (χ0) is 57.0. The summed E-state index contributed by atoms with van der Waals surface area (Å²) in [7, 11) is 1.44. The first-order valence-electron chi connectivity index (χ1n) is 31.3. The molecule has 2 unspecified atom stereocenters. The van der Waals surface area contributed by atoms with Gasteiger partial charge in [0.05, 0.1) is 27.7 Å². The molecule has 0 bridgehead atoms. The number of allylic oxidation sites excluding steroid dienone is 20. The summed E-state index contributed by atoms with van der Waals surface area (Å²) < 4.78 is 34.6. The lowest BCUT2D eigenvalue weighted by atomic mass is 10.0. The fourth-order valence-corrected chi connectivity index (χ4v) is 8.92. The second-order valence-electron chi connectivity index (χ2n) is 21.7. The van der Waals surface area contributed by atoms with Crippen LogP contribution in [0.1, 0.15) is 245 Å². The van der Waals surface area contributed by atoms with Gasteiger partial charge in [0.1, 0.15) is 19.8 Å². The highest BCUT2D eigenvalue weighted by Gasteiger charge is 2.27. The standard InChI is InChI=1S/C68H116NO8P/c1-6-8-10-12-14-16-18-20-22-24-26-28-30-31-32-33-34-35-36-37-39-41-43-45-47-49-51-53-55-57-59-61-68(71)77-66(65-76-78(72,73)75-63-62-69(3,4)5)64-74-67(70)60-58-56-54-52-50-48-46-44-42-40-38-29-27-25-23-21-19-17-15-13-11-9-7-2/h8,10,14,16,20,22,25-28,31-32,34-35,37,39,43,45,49,51,66H,6-7,9,11-13,15,17-19,21,23-24,29-30,33,36,38,40-42,44,46-48,50,52-65H2,1-5H3/p+1/b10-8-,16-14-,22-20-,27-25-,28-26-,32-31-,35-34-,39-37-,45-43-,51-49-. The summed E-state index contributed by atoms with van der Waals surface area (Å²) in [6, 6.07) is 0. The third kappa shape index (κ3) is 61.6. The second kappa shape index (κ2) is 58.1. The van der Waals surface area contributed by atoms with E-state index >= 15 is 0 Å². The molecule has 0 aromatic heterocycles. The van der Waals surface area contributed by atoms with Crippen LogP contribution in [0.15, 0.2) is 122 Å². The van der Waals surface area contributed by atoms with Crippen LogP contribution in [0.5, 0.6) is 0 Å². The van der Waals surface area contributed by atoms with Crippen molar-refractivity contribution in [1.82, 2.24) is 0 Å². The number of esters is 2. The number of hydrogen-bond acceptors (Lipinski definition) is 7. The Hall–Kier alpha value is -3.59. The summed E-state index contributed by atoms with van der Waals surface area (Å²) in [6.45, 7) is 4.28. The molecule has 0 saturated heterocycles. The van der Waals surface area contributed by atoms with E-state index in [1.54, 1.807) is 0 Å². The van der Waals surface area contributed by atoms with Crippen molar-refractivity contribution < 1.29 is 42.1 Å². The monoisotopic (exact) mass is 1110 g/mol. The quantitative estimate of drug-likeness (QED) is 0.0211. The van der Waals surface area contributed by atoms with E-state index in [9.17, 15) is 19.0 Å². The Morgan fingerprint density at radius 3 is 1.12 bits per heavy atom. The predicted octanol–water partition coefficient (Wildman–Crippen LogP) is 19.9. The Labute approximate surface area is 479 Å². The van der Waals surface area contributed by atoms with Gasteiger partial charge >= 0.3 is 19.8 Å². The highest BCUT2D eigenvalue weighted by molar-refractivity contribution is 7.47. The molecule has 446 valence electrons. The van der Waals surface area contributed by atoms with E-state index in [1.165, 1.54) is 116 Å². The Balaban J connectivity index is 4.25. The lowest BCUT2D eigenvalue weighted by molar-refractivity contribution is -0.870. The van der Waals surface area contributed by atoms with Crippen molar-refractivity contribution in [2.75, 3.05) is 47.5 Å². The molecule has 0 aliphatic rings. The minimum Gasteiger partial charge on any atom is -0.462 e. The fraction of sp³-hybridized carbons (Fsp3) is 0.676. The van der Waals surface area contributed by atoms with Gasteiger partial charge in [-0.1, -0.05) is 245 Å². The number of phosphoric acid groups is 1. The van der Waals surface area contributed by atoms with E-state index in [2.05, 4.69) is 135 Å². The topological polar surface area (TPSA) is 108 Å². The van der Waals surface area contributed by atoms with Crippen molar-refractivity contribution in [2.24, 2.45) is 0 Å². The number of unbranched alkanes of at least 4 members (excludes halogenated alkanes) is 22. The number of carbonyl (C=O) groups excluding carboxylic acids is 2. The summed E-state index contributed by atoms with van der Waals surface area (Å²) >= 11 is 0. The zero-order valence-corrected chi connectivity index (χ0v) is 51.5. The van der Waals surface area contributed by atoms with Crippen LogP contribution < -0.4 is 0 Å². The average molecular weight is 1110 g/mol. The average Bonchev–Trinajstić information content (AvgIpc) is 3.40. The van der Waals surface area contributed by atoms with Crippen molar-refractivity contribution in [2.45, 2.75) is 251 Å². The number of ether oxygens (including phenoxy) is 2. The fourth-order valence-electron chi connectivity index (χ4n) is 8.18. The molecule has 0 aromatic carbocycles. The molecule has 0 radical (unpaired) electrons. The van der Waals surface area contributed by atoms with E-state index in [4.69, 9.17) is 18.5 Å². The van der Waals surface area contributed by atoms with Gasteiger partial charge in [0, 0.05) is 12.8 Å². The third-order valence-electron chi connectivity index (χ3n) is 13.0. The maximum atomic E-state index is 12.8. The van der Waals surface area contributed by atoms with Gasteiger partial charge in [0.15, 0.2) is 6.10 Å². The van der Waals surface area contributed by atoms with Crippen LogP contribution in [0.25, 0.3) is 0 Å². The lowest BCUT2D eigenvalue weighted by Crippen LogP contribution is -2.37. The van der Waals surface area contributed by atoms with Gasteiger partial charge in [-0.2, -0.15) is 0 Å². The van der Waals surface area contributed by atoms with Gasteiger partial charge < -0.3 is 18.9 Å². The van der Waals surface area contributed by atoms with Gasteiger partial charge in [-0.3, -0.25) is 18.6 Å². The highest BCUT2D eigenvalue weighted by Crippen LogP contribution is 2.43. The van der Waals surface area contributed by atoms with Gasteiger partial charge in [-0.25, -0.2) is 4.57 Å². The number of nitrogens with zero attached hydrogens (tertiary/aromatic N) is 1. The summed E-state index contributed by atoms with van der Waals surface area (Å²) in [5.74, 6) is -0.841. The number of hydrogen-bond donors (Lipinski definition) is 1. The Morgan fingerprint density at radius 1 is 0.410 bits per heavy atom. The molecule has 1 N–H and O–H groups in total. The molecular formula is C68H117NO8P+. The van der Waals surface area contributed by atoms with E-state index in [0.717, 1.165) is 96.3 Å². The molecular weight excluding hydrogens is 990 g/mol. The summed E-state index contributed by atoms with van der Waals surface area (Å²) in [5, 5.41) is 0. The first kappa shape index (κ1) is 74.4. The number of carbonyl (C=O) groups is 2. The zero-order valence-electron chi connectivity index (χ0n) is 50.6. The molecule has 0 saturated carbocycles. The van der Waals surface area contributed by atoms with Crippen molar-refractivity contribution in [3.63, 3.8) is 0 Å². The number of phosphoric ester groups is 1. The van der Waals surface area contributed by atoms with Crippen LogP contribution in [0.3, 0.4) is 0 Å². The first-order valence-corrected chi connectivity index (χ1v) is 32.8. The molecule has 0 amide bonds. The van der Waals surface area contributed by atoms with Gasteiger partial charge in [-0.05, 0) is 109 Å². The minimum atomic E-state index is -4.41. The van der Waals surface area contributed by atoms with E-state index in [1.807, 2.05) is 21.1 Å². The third-order valence-corrected chi connectivity index (χ3v) is 14.0. The molecule has 2 atom stereocenters. The number of likely N-dealkylation sites (N-methyl/N-ethyl adjacent to an activating group) is 1. The maximum absolute atomic E-state index is 12.8. The van der Waals surface area contributed by atoms with Crippen molar-refractivity contribution in [3.8, 4) is 0 Å². The SMILES string of the molecule is CC/C=C\C/C=C\C/C=C\C/C=C\C/C=C\C/C=C\C/C=C\C/C=C\C/C=C\CCCCCC(=O)OC(COC(=O)CCCCCCCCCCCCC/C=C\CCCCCCCCCC)COP(=O)(O)OCC[N+](C)(C)C. The van der Waals surface area contributed by atoms with Crippen LogP contribution in [-0.2, 0) is 32.7 Å². The van der Waals surface area contributed by atoms with Gasteiger partial charge in [0.2, 0.25) is 0 Å². The summed E-state index contributed by atoms with van der Waals surface area (Å²) in [6.07, 6.45) is 82.8. The van der Waals surface area contributed by atoms with Crippen LogP contribution in [0.4, 0.5) is 0 Å². The van der Waals surface area contributed by atoms with Crippen LogP contribution >= 0.6 is 7.82 Å². The maximum Gasteiger partial charge on any atom is 0.472 e.